The van der Waals surface area contributed by atoms with Crippen LogP contribution in [-0.2, 0) is 6.42 Å². The molecular weight excluding hydrogens is 522 g/mol. The van der Waals surface area contributed by atoms with Crippen molar-refractivity contribution in [3.63, 3.8) is 0 Å². The number of nitrogens with one attached hydrogen (secondary N) is 2. The first-order chi connectivity index (χ1) is 19.7. The summed E-state index contributed by atoms with van der Waals surface area (Å²) in [7, 11) is 3.95. The predicted octanol–water partition coefficient (Wildman–Crippen LogP) is 5.05. The maximum Gasteiger partial charge on any atom is 0.155 e. The monoisotopic (exact) mass is 556 g/mol. The fourth-order valence-corrected chi connectivity index (χ4v) is 4.24. The van der Waals surface area contributed by atoms with E-state index in [1.54, 1.807) is 18.2 Å². The van der Waals surface area contributed by atoms with Crippen molar-refractivity contribution in [1.29, 1.82) is 0 Å². The van der Waals surface area contributed by atoms with Gasteiger partial charge in [-0.2, -0.15) is 0 Å². The summed E-state index contributed by atoms with van der Waals surface area (Å²) in [6, 6.07) is 6.37. The summed E-state index contributed by atoms with van der Waals surface area (Å²) in [5.41, 5.74) is 16.6. The third-order valence-electron chi connectivity index (χ3n) is 6.10. The molecule has 0 saturated heterocycles. The number of nitrogens with zero attached hydrogens (tertiary/aromatic N) is 4. The number of likely N-dealkylation sites (N-methyl/N-ethyl adjacent to an activating group) is 1. The number of hydrogen-bond donors (Lipinski definition) is 4. The van der Waals surface area contributed by atoms with Crippen LogP contribution in [0.15, 0.2) is 61.6 Å². The van der Waals surface area contributed by atoms with Gasteiger partial charge in [0.15, 0.2) is 5.82 Å². The van der Waals surface area contributed by atoms with E-state index in [9.17, 15) is 4.39 Å². The number of rotatable bonds is 10. The number of benzene rings is 1. The molecular formula is C31H34F2N8. The van der Waals surface area contributed by atoms with Crippen LogP contribution < -0.4 is 16.8 Å². The predicted molar refractivity (Wildman–Crippen MR) is 163 cm³/mol. The Kier molecular flexibility index (Phi) is 10.3. The van der Waals surface area contributed by atoms with Gasteiger partial charge in [-0.1, -0.05) is 18.7 Å². The lowest BCUT2D eigenvalue weighted by Gasteiger charge is -2.13. The highest BCUT2D eigenvalue weighted by atomic mass is 19.1. The molecule has 0 bridgehead atoms. The Labute approximate surface area is 239 Å². The summed E-state index contributed by atoms with van der Waals surface area (Å²) in [5.74, 6) is -0.455. The molecule has 10 heteroatoms. The topological polar surface area (TPSA) is 122 Å². The van der Waals surface area contributed by atoms with E-state index in [2.05, 4.69) is 39.7 Å². The van der Waals surface area contributed by atoms with Gasteiger partial charge in [-0.3, -0.25) is 9.97 Å². The van der Waals surface area contributed by atoms with Crippen LogP contribution in [0.25, 0.3) is 16.8 Å². The van der Waals surface area contributed by atoms with Gasteiger partial charge in [0.2, 0.25) is 0 Å². The lowest BCUT2D eigenvalue weighted by molar-refractivity contribution is 0.425. The van der Waals surface area contributed by atoms with Crippen molar-refractivity contribution >= 4 is 22.6 Å². The standard InChI is InChI=1S/C29H32F2N8.C2H2/c1-5-6-23(18-9-20(30)12-22(11-18)35-7-8-39(3)4)28-17(2)37-26(38-28)13-24-25(33)16-36-29(27(24)31)19-10-21(32)15-34-14-19;1-2/h5-6,9-12,14-16,35H,1,7-8,13,32-33H2,2-4H3,(H,37,38);1-2H/b23-6-;. The number of aromatic amines is 1. The first kappa shape index (κ1) is 30.5. The number of terminal acetylenes is 1. The van der Waals surface area contributed by atoms with E-state index >= 15 is 4.39 Å². The van der Waals surface area contributed by atoms with Gasteiger partial charge in [0.1, 0.15) is 17.3 Å². The fourth-order valence-electron chi connectivity index (χ4n) is 4.24. The molecule has 0 unspecified atom stereocenters. The van der Waals surface area contributed by atoms with Gasteiger partial charge in [-0.05, 0) is 50.8 Å². The number of nitrogen functional groups attached to an aromatic ring is 2. The number of anilines is 3. The van der Waals surface area contributed by atoms with Crippen molar-refractivity contribution in [2.24, 2.45) is 0 Å². The van der Waals surface area contributed by atoms with Crippen LogP contribution in [0.4, 0.5) is 25.8 Å². The molecule has 0 saturated carbocycles. The lowest BCUT2D eigenvalue weighted by atomic mass is 10.00. The SMILES string of the molecule is C#C.C=C/C=C(/c1cc(F)cc(NCCN(C)C)c1)c1nc(Cc2c(N)cnc(-c3cncc(N)c3)c2F)[nH]c1C. The average molecular weight is 557 g/mol. The maximum absolute atomic E-state index is 15.6. The van der Waals surface area contributed by atoms with Gasteiger partial charge in [0.25, 0.3) is 0 Å². The molecule has 0 spiro atoms. The number of halogens is 2. The van der Waals surface area contributed by atoms with Crippen LogP contribution in [0.3, 0.4) is 0 Å². The Morgan fingerprint density at radius 3 is 2.56 bits per heavy atom. The molecule has 4 aromatic rings. The van der Waals surface area contributed by atoms with Gasteiger partial charge in [-0.25, -0.2) is 13.8 Å². The summed E-state index contributed by atoms with van der Waals surface area (Å²) in [6.45, 7) is 7.14. The van der Waals surface area contributed by atoms with Crippen LogP contribution >= 0.6 is 0 Å². The second-order valence-electron chi connectivity index (χ2n) is 9.47. The Balaban J connectivity index is 0.00000226. The second kappa shape index (κ2) is 13.9. The van der Waals surface area contributed by atoms with Crippen LogP contribution in [0.1, 0.15) is 28.3 Å². The molecule has 0 aliphatic carbocycles. The smallest absolute Gasteiger partial charge is 0.155 e. The normalized spacial score (nSPS) is 11.2. The number of allylic oxidation sites excluding steroid dienone is 2. The maximum atomic E-state index is 15.6. The molecule has 3 aromatic heterocycles. The Hall–Kier alpha value is -5.01. The molecule has 6 N–H and O–H groups in total. The van der Waals surface area contributed by atoms with E-state index in [1.165, 1.54) is 30.7 Å². The van der Waals surface area contributed by atoms with E-state index in [0.29, 0.717) is 46.1 Å². The lowest BCUT2D eigenvalue weighted by Crippen LogP contribution is -2.20. The van der Waals surface area contributed by atoms with Crippen molar-refractivity contribution < 1.29 is 8.78 Å². The summed E-state index contributed by atoms with van der Waals surface area (Å²) in [4.78, 5) is 18.2. The Bertz CT molecular complexity index is 1570. The number of H-pyrrole nitrogens is 1. The molecule has 0 aliphatic heterocycles. The van der Waals surface area contributed by atoms with E-state index in [0.717, 1.165) is 12.2 Å². The van der Waals surface area contributed by atoms with Crippen molar-refractivity contribution in [3.8, 4) is 24.1 Å². The minimum absolute atomic E-state index is 0.0889. The Morgan fingerprint density at radius 1 is 1.12 bits per heavy atom. The van der Waals surface area contributed by atoms with Crippen molar-refractivity contribution in [3.05, 3.63) is 102 Å². The van der Waals surface area contributed by atoms with E-state index in [4.69, 9.17) is 16.5 Å². The van der Waals surface area contributed by atoms with Gasteiger partial charge in [-0.15, -0.1) is 12.8 Å². The summed E-state index contributed by atoms with van der Waals surface area (Å²) in [6.07, 6.45) is 15.9. The zero-order chi connectivity index (χ0) is 30.1. The number of aryl methyl sites for hydroxylation is 1. The van der Waals surface area contributed by atoms with Crippen molar-refractivity contribution in [2.75, 3.05) is 44.0 Å². The summed E-state index contributed by atoms with van der Waals surface area (Å²) >= 11 is 0. The molecule has 4 rings (SSSR count). The highest BCUT2D eigenvalue weighted by molar-refractivity contribution is 5.81. The van der Waals surface area contributed by atoms with E-state index < -0.39 is 5.82 Å². The minimum atomic E-state index is -0.571. The molecule has 8 nitrogen and oxygen atoms in total. The number of aromatic nitrogens is 4. The van der Waals surface area contributed by atoms with Gasteiger partial charge in [0.05, 0.1) is 23.3 Å². The molecule has 0 amide bonds. The molecule has 0 fully saturated rings. The number of pyridine rings is 2. The highest BCUT2D eigenvalue weighted by Gasteiger charge is 2.20. The van der Waals surface area contributed by atoms with Gasteiger partial charge >= 0.3 is 0 Å². The molecule has 0 aliphatic rings. The zero-order valence-corrected chi connectivity index (χ0v) is 23.4. The second-order valence-corrected chi connectivity index (χ2v) is 9.47. The summed E-state index contributed by atoms with van der Waals surface area (Å²) < 4.78 is 30.2. The number of hydrogen-bond acceptors (Lipinski definition) is 7. The minimum Gasteiger partial charge on any atom is -0.397 e. The first-order valence-electron chi connectivity index (χ1n) is 12.7. The molecule has 3 heterocycles. The van der Waals surface area contributed by atoms with Crippen LogP contribution in [-0.4, -0.2) is 52.0 Å². The molecule has 1 aromatic carbocycles. The highest BCUT2D eigenvalue weighted by Crippen LogP contribution is 2.31. The van der Waals surface area contributed by atoms with Crippen molar-refractivity contribution in [2.45, 2.75) is 13.3 Å². The van der Waals surface area contributed by atoms with Crippen molar-refractivity contribution in [1.82, 2.24) is 24.8 Å². The molecule has 212 valence electrons. The molecule has 41 heavy (non-hydrogen) atoms. The summed E-state index contributed by atoms with van der Waals surface area (Å²) in [5, 5.41) is 3.26. The average Bonchev–Trinajstić information content (AvgIpc) is 3.29. The number of nitrogens with two attached hydrogens (primary N) is 2. The van der Waals surface area contributed by atoms with Gasteiger partial charge in [0, 0.05) is 60.0 Å². The van der Waals surface area contributed by atoms with Gasteiger partial charge < -0.3 is 26.7 Å². The Morgan fingerprint density at radius 2 is 1.88 bits per heavy atom. The van der Waals surface area contributed by atoms with Crippen LogP contribution in [0.5, 0.6) is 0 Å². The largest absolute Gasteiger partial charge is 0.397 e. The first-order valence-corrected chi connectivity index (χ1v) is 12.7. The number of imidazole rings is 1. The van der Waals surface area contributed by atoms with E-state index in [-0.39, 0.29) is 29.2 Å². The third kappa shape index (κ3) is 7.56. The quantitative estimate of drug-likeness (QED) is 0.159. The molecule has 0 radical (unpaired) electrons. The van der Waals surface area contributed by atoms with Crippen LogP contribution in [0.2, 0.25) is 0 Å². The third-order valence-corrected chi connectivity index (χ3v) is 6.10. The van der Waals surface area contributed by atoms with E-state index in [1.807, 2.05) is 32.0 Å². The molecule has 0 atom stereocenters. The van der Waals surface area contributed by atoms with Crippen LogP contribution in [0, 0.1) is 31.4 Å². The zero-order valence-electron chi connectivity index (χ0n) is 23.4. The fraction of sp³-hybridized carbons (Fsp3) is 0.194.